The van der Waals surface area contributed by atoms with Gasteiger partial charge in [-0.05, 0) is 37.1 Å². The molecule has 2 aromatic rings. The number of aromatic nitrogens is 1. The van der Waals surface area contributed by atoms with E-state index in [0.717, 1.165) is 31.6 Å². The third kappa shape index (κ3) is 4.17. The van der Waals surface area contributed by atoms with E-state index in [2.05, 4.69) is 4.90 Å². The first-order valence-corrected chi connectivity index (χ1v) is 8.94. The summed E-state index contributed by atoms with van der Waals surface area (Å²) in [6.07, 6.45) is 5.85. The van der Waals surface area contributed by atoms with Gasteiger partial charge in [-0.2, -0.15) is 0 Å². The standard InChI is InChI=1S/C20H25N3O2/c1-2-19(24)23(17-8-4-3-5-9-17)18-10-14-21(15-11-18)16-20(25)22-12-6-7-13-22/h3-9,12-13,18H,2,10-11,14-16H2,1H3. The molecule has 1 aromatic carbocycles. The van der Waals surface area contributed by atoms with Crippen LogP contribution in [0.4, 0.5) is 5.69 Å². The Labute approximate surface area is 148 Å². The normalized spacial score (nSPS) is 15.9. The van der Waals surface area contributed by atoms with E-state index in [-0.39, 0.29) is 17.9 Å². The first kappa shape index (κ1) is 17.4. The number of carbonyl (C=O) groups excluding carboxylic acids is 2. The highest BCUT2D eigenvalue weighted by molar-refractivity contribution is 5.93. The Hall–Kier alpha value is -2.40. The van der Waals surface area contributed by atoms with Crippen LogP contribution < -0.4 is 4.90 Å². The van der Waals surface area contributed by atoms with Crippen LogP contribution in [0.3, 0.4) is 0 Å². The number of carbonyl (C=O) groups is 2. The molecule has 132 valence electrons. The fraction of sp³-hybridized carbons (Fsp3) is 0.400. The molecule has 0 radical (unpaired) electrons. The minimum Gasteiger partial charge on any atom is -0.309 e. The molecule has 1 fully saturated rings. The molecule has 1 aliphatic rings. The SMILES string of the molecule is CCC(=O)N(c1ccccc1)C1CCN(CC(=O)n2cccc2)CC1. The highest BCUT2D eigenvalue weighted by Crippen LogP contribution is 2.24. The molecule has 0 atom stereocenters. The van der Waals surface area contributed by atoms with Gasteiger partial charge in [0.15, 0.2) is 0 Å². The van der Waals surface area contributed by atoms with Gasteiger partial charge < -0.3 is 4.90 Å². The van der Waals surface area contributed by atoms with Gasteiger partial charge >= 0.3 is 0 Å². The van der Waals surface area contributed by atoms with Gasteiger partial charge in [0.05, 0.1) is 6.54 Å². The van der Waals surface area contributed by atoms with E-state index in [4.69, 9.17) is 0 Å². The van der Waals surface area contributed by atoms with Crippen LogP contribution >= 0.6 is 0 Å². The van der Waals surface area contributed by atoms with Crippen LogP contribution in [0, 0.1) is 0 Å². The summed E-state index contributed by atoms with van der Waals surface area (Å²) >= 11 is 0. The molecule has 3 rings (SSSR count). The molecule has 1 aromatic heterocycles. The van der Waals surface area contributed by atoms with E-state index in [1.807, 2.05) is 54.3 Å². The summed E-state index contributed by atoms with van der Waals surface area (Å²) in [4.78, 5) is 28.8. The zero-order valence-corrected chi connectivity index (χ0v) is 14.7. The number of likely N-dealkylation sites (tertiary alicyclic amines) is 1. The molecule has 0 bridgehead atoms. The second kappa shape index (κ2) is 8.12. The summed E-state index contributed by atoms with van der Waals surface area (Å²) in [5, 5.41) is 0. The maximum absolute atomic E-state index is 12.5. The van der Waals surface area contributed by atoms with Crippen LogP contribution in [-0.4, -0.2) is 47.0 Å². The number of hydrogen-bond donors (Lipinski definition) is 0. The maximum atomic E-state index is 12.5. The lowest BCUT2D eigenvalue weighted by atomic mass is 10.0. The lowest BCUT2D eigenvalue weighted by Crippen LogP contribution is -2.48. The van der Waals surface area contributed by atoms with E-state index in [1.165, 1.54) is 0 Å². The van der Waals surface area contributed by atoms with Crippen molar-refractivity contribution in [1.82, 2.24) is 9.47 Å². The highest BCUT2D eigenvalue weighted by atomic mass is 16.2. The number of rotatable bonds is 5. The van der Waals surface area contributed by atoms with Crippen molar-refractivity contribution < 1.29 is 9.59 Å². The Morgan fingerprint density at radius 2 is 1.68 bits per heavy atom. The van der Waals surface area contributed by atoms with Crippen LogP contribution in [0.15, 0.2) is 54.9 Å². The number of nitrogens with zero attached hydrogens (tertiary/aromatic N) is 3. The molecule has 0 N–H and O–H groups in total. The molecule has 0 spiro atoms. The fourth-order valence-corrected chi connectivity index (χ4v) is 3.43. The number of benzene rings is 1. The monoisotopic (exact) mass is 339 g/mol. The van der Waals surface area contributed by atoms with E-state index < -0.39 is 0 Å². The Kier molecular flexibility index (Phi) is 5.66. The van der Waals surface area contributed by atoms with Gasteiger partial charge in [-0.25, -0.2) is 0 Å². The van der Waals surface area contributed by atoms with Crippen molar-refractivity contribution in [2.75, 3.05) is 24.5 Å². The summed E-state index contributed by atoms with van der Waals surface area (Å²) in [5.41, 5.74) is 0.969. The number of amides is 1. The van der Waals surface area contributed by atoms with Gasteiger partial charge in [-0.3, -0.25) is 19.1 Å². The summed E-state index contributed by atoms with van der Waals surface area (Å²) in [6.45, 7) is 3.99. The van der Waals surface area contributed by atoms with Crippen molar-refractivity contribution in [3.05, 3.63) is 54.9 Å². The first-order valence-electron chi connectivity index (χ1n) is 8.94. The number of piperidine rings is 1. The molecule has 0 saturated carbocycles. The molecule has 5 heteroatoms. The average molecular weight is 339 g/mol. The fourth-order valence-electron chi connectivity index (χ4n) is 3.43. The molecule has 5 nitrogen and oxygen atoms in total. The minimum absolute atomic E-state index is 0.0907. The summed E-state index contributed by atoms with van der Waals surface area (Å²) in [5.74, 6) is 0.251. The van der Waals surface area contributed by atoms with Crippen LogP contribution in [0.5, 0.6) is 0 Å². The molecule has 2 heterocycles. The van der Waals surface area contributed by atoms with Crippen LogP contribution in [0.2, 0.25) is 0 Å². The van der Waals surface area contributed by atoms with Crippen LogP contribution in [0.25, 0.3) is 0 Å². The van der Waals surface area contributed by atoms with Gasteiger partial charge in [-0.15, -0.1) is 0 Å². The van der Waals surface area contributed by atoms with E-state index >= 15 is 0 Å². The van der Waals surface area contributed by atoms with Gasteiger partial charge in [0, 0.05) is 43.6 Å². The largest absolute Gasteiger partial charge is 0.309 e. The van der Waals surface area contributed by atoms with E-state index in [1.54, 1.807) is 17.0 Å². The second-order valence-electron chi connectivity index (χ2n) is 6.44. The van der Waals surface area contributed by atoms with Gasteiger partial charge in [0.1, 0.15) is 0 Å². The van der Waals surface area contributed by atoms with Crippen molar-refractivity contribution in [2.24, 2.45) is 0 Å². The molecule has 1 amide bonds. The lowest BCUT2D eigenvalue weighted by Gasteiger charge is -2.38. The smallest absolute Gasteiger partial charge is 0.244 e. The van der Waals surface area contributed by atoms with Crippen molar-refractivity contribution in [3.8, 4) is 0 Å². The summed E-state index contributed by atoms with van der Waals surface area (Å²) < 4.78 is 1.63. The number of para-hydroxylation sites is 1. The van der Waals surface area contributed by atoms with Crippen molar-refractivity contribution in [2.45, 2.75) is 32.2 Å². The number of anilines is 1. The van der Waals surface area contributed by atoms with Crippen molar-refractivity contribution in [1.29, 1.82) is 0 Å². The molecule has 0 aliphatic carbocycles. The summed E-state index contributed by atoms with van der Waals surface area (Å²) in [6, 6.07) is 13.8. The topological polar surface area (TPSA) is 45.6 Å². The predicted molar refractivity (Wildman–Crippen MR) is 98.7 cm³/mol. The molecule has 1 aliphatic heterocycles. The van der Waals surface area contributed by atoms with E-state index in [0.29, 0.717) is 13.0 Å². The quantitative estimate of drug-likeness (QED) is 0.841. The highest BCUT2D eigenvalue weighted by Gasteiger charge is 2.29. The first-order chi connectivity index (χ1) is 12.2. The second-order valence-corrected chi connectivity index (χ2v) is 6.44. The zero-order valence-electron chi connectivity index (χ0n) is 14.7. The summed E-state index contributed by atoms with van der Waals surface area (Å²) in [7, 11) is 0. The zero-order chi connectivity index (χ0) is 17.6. The van der Waals surface area contributed by atoms with Crippen LogP contribution in [-0.2, 0) is 4.79 Å². The Bertz CT molecular complexity index is 689. The maximum Gasteiger partial charge on any atom is 0.244 e. The minimum atomic E-state index is 0.0907. The third-order valence-corrected chi connectivity index (χ3v) is 4.78. The molecule has 0 unspecified atom stereocenters. The molecular formula is C20H25N3O2. The van der Waals surface area contributed by atoms with Crippen LogP contribution in [0.1, 0.15) is 31.0 Å². The average Bonchev–Trinajstić information content (AvgIpc) is 3.19. The Morgan fingerprint density at radius 3 is 2.28 bits per heavy atom. The predicted octanol–water partition coefficient (Wildman–Crippen LogP) is 3.04. The number of hydrogen-bond acceptors (Lipinski definition) is 3. The lowest BCUT2D eigenvalue weighted by molar-refractivity contribution is -0.119. The Balaban J connectivity index is 1.61. The van der Waals surface area contributed by atoms with E-state index in [9.17, 15) is 9.59 Å². The molecule has 1 saturated heterocycles. The van der Waals surface area contributed by atoms with Gasteiger partial charge in [0.2, 0.25) is 11.8 Å². The third-order valence-electron chi connectivity index (χ3n) is 4.78. The van der Waals surface area contributed by atoms with Gasteiger partial charge in [-0.1, -0.05) is 25.1 Å². The Morgan fingerprint density at radius 1 is 1.04 bits per heavy atom. The van der Waals surface area contributed by atoms with Crippen molar-refractivity contribution >= 4 is 17.5 Å². The van der Waals surface area contributed by atoms with Gasteiger partial charge in [0.25, 0.3) is 0 Å². The molecular weight excluding hydrogens is 314 g/mol. The van der Waals surface area contributed by atoms with Crippen molar-refractivity contribution in [3.63, 3.8) is 0 Å². The molecule has 25 heavy (non-hydrogen) atoms.